The number of likely N-dealkylation sites (tertiary alicyclic amines) is 1. The van der Waals surface area contributed by atoms with Crippen molar-refractivity contribution in [3.63, 3.8) is 0 Å². The Morgan fingerprint density at radius 1 is 1.29 bits per heavy atom. The van der Waals surface area contributed by atoms with Gasteiger partial charge in [-0.1, -0.05) is 30.3 Å². The monoisotopic (exact) mass is 406 g/mol. The molecule has 1 heterocycles. The summed E-state index contributed by atoms with van der Waals surface area (Å²) in [4.78, 5) is 24.8. The van der Waals surface area contributed by atoms with Gasteiger partial charge >= 0.3 is 0 Å². The minimum Gasteiger partial charge on any atom is -0.494 e. The summed E-state index contributed by atoms with van der Waals surface area (Å²) in [6, 6.07) is 14.1. The molecule has 0 aliphatic carbocycles. The number of methoxy groups -OCH3 is 1. The third kappa shape index (κ3) is 4.98. The number of ether oxygens (including phenoxy) is 1. The molecule has 0 spiro atoms. The number of carbonyl (C=O) groups excluding carboxylic acids is 1. The SMILES string of the molecule is COc1cc([N+](=O)[O-])ccc1NC(=O)CN1C[C@@H](N)[C@H](c2ccccc2)C1.Cl. The van der Waals surface area contributed by atoms with Crippen LogP contribution in [0.3, 0.4) is 0 Å². The fraction of sp³-hybridized carbons (Fsp3) is 0.316. The van der Waals surface area contributed by atoms with E-state index in [4.69, 9.17) is 10.5 Å². The molecule has 0 saturated carbocycles. The van der Waals surface area contributed by atoms with E-state index < -0.39 is 4.92 Å². The Morgan fingerprint density at radius 3 is 2.64 bits per heavy atom. The van der Waals surface area contributed by atoms with Crippen LogP contribution in [-0.4, -0.2) is 48.5 Å². The van der Waals surface area contributed by atoms with Crippen LogP contribution in [0.1, 0.15) is 11.5 Å². The number of nitrogens with zero attached hydrogens (tertiary/aromatic N) is 2. The molecule has 0 unspecified atom stereocenters. The second-order valence-corrected chi connectivity index (χ2v) is 6.56. The molecule has 1 aliphatic rings. The first-order chi connectivity index (χ1) is 13.0. The zero-order chi connectivity index (χ0) is 19.4. The Morgan fingerprint density at radius 2 is 2.00 bits per heavy atom. The van der Waals surface area contributed by atoms with E-state index in [1.807, 2.05) is 23.1 Å². The third-order valence-electron chi connectivity index (χ3n) is 4.71. The van der Waals surface area contributed by atoms with Crippen LogP contribution in [0, 0.1) is 10.1 Å². The summed E-state index contributed by atoms with van der Waals surface area (Å²) in [6.45, 7) is 1.53. The van der Waals surface area contributed by atoms with Crippen molar-refractivity contribution in [2.24, 2.45) is 5.73 Å². The lowest BCUT2D eigenvalue weighted by molar-refractivity contribution is -0.384. The molecule has 28 heavy (non-hydrogen) atoms. The van der Waals surface area contributed by atoms with Gasteiger partial charge in [0.15, 0.2) is 0 Å². The van der Waals surface area contributed by atoms with Crippen LogP contribution in [-0.2, 0) is 4.79 Å². The molecule has 8 nitrogen and oxygen atoms in total. The maximum atomic E-state index is 12.4. The Labute approximate surface area is 169 Å². The van der Waals surface area contributed by atoms with E-state index in [1.54, 1.807) is 0 Å². The molecule has 0 bridgehead atoms. The Bertz CT molecular complexity index is 834. The van der Waals surface area contributed by atoms with E-state index in [0.717, 1.165) is 0 Å². The average Bonchev–Trinajstić information content (AvgIpc) is 3.02. The summed E-state index contributed by atoms with van der Waals surface area (Å²) in [5.74, 6) is 0.216. The van der Waals surface area contributed by atoms with Crippen molar-refractivity contribution in [3.05, 3.63) is 64.2 Å². The first-order valence-electron chi connectivity index (χ1n) is 8.63. The number of amides is 1. The highest BCUT2D eigenvalue weighted by molar-refractivity contribution is 5.94. The molecular weight excluding hydrogens is 384 g/mol. The summed E-state index contributed by atoms with van der Waals surface area (Å²) in [5, 5.41) is 13.6. The molecule has 3 N–H and O–H groups in total. The number of nitrogens with two attached hydrogens (primary N) is 1. The molecule has 150 valence electrons. The number of anilines is 1. The molecule has 3 rings (SSSR count). The molecule has 2 aromatic rings. The highest BCUT2D eigenvalue weighted by atomic mass is 35.5. The first kappa shape index (κ1) is 21.6. The minimum atomic E-state index is -0.510. The second kappa shape index (κ2) is 9.50. The fourth-order valence-electron chi connectivity index (χ4n) is 3.38. The van der Waals surface area contributed by atoms with Gasteiger partial charge in [0.2, 0.25) is 5.91 Å². The molecule has 1 fully saturated rings. The zero-order valence-corrected chi connectivity index (χ0v) is 16.2. The van der Waals surface area contributed by atoms with E-state index in [0.29, 0.717) is 18.8 Å². The zero-order valence-electron chi connectivity index (χ0n) is 15.4. The largest absolute Gasteiger partial charge is 0.494 e. The van der Waals surface area contributed by atoms with E-state index >= 15 is 0 Å². The Kier molecular flexibility index (Phi) is 7.33. The first-order valence-corrected chi connectivity index (χ1v) is 8.63. The van der Waals surface area contributed by atoms with Gasteiger partial charge in [0.25, 0.3) is 5.69 Å². The van der Waals surface area contributed by atoms with Crippen LogP contribution in [0.2, 0.25) is 0 Å². The molecular formula is C19H23ClN4O4. The Balaban J connectivity index is 0.00000280. The summed E-state index contributed by atoms with van der Waals surface area (Å²) >= 11 is 0. The maximum Gasteiger partial charge on any atom is 0.273 e. The van der Waals surface area contributed by atoms with E-state index in [2.05, 4.69) is 17.4 Å². The van der Waals surface area contributed by atoms with Crippen molar-refractivity contribution in [2.45, 2.75) is 12.0 Å². The van der Waals surface area contributed by atoms with E-state index in [1.165, 1.54) is 30.9 Å². The van der Waals surface area contributed by atoms with Crippen LogP contribution in [0.25, 0.3) is 0 Å². The number of nitro groups is 1. The fourth-order valence-corrected chi connectivity index (χ4v) is 3.38. The molecule has 0 aromatic heterocycles. The number of nitrogens with one attached hydrogen (secondary N) is 1. The van der Waals surface area contributed by atoms with Gasteiger partial charge in [-0.2, -0.15) is 0 Å². The van der Waals surface area contributed by atoms with Crippen molar-refractivity contribution < 1.29 is 14.5 Å². The van der Waals surface area contributed by atoms with E-state index in [9.17, 15) is 14.9 Å². The standard InChI is InChI=1S/C19H22N4O4.ClH/c1-27-18-9-14(23(25)26)7-8-17(18)21-19(24)12-22-10-15(16(20)11-22)13-5-3-2-4-6-13;/h2-9,15-16H,10-12,20H2,1H3,(H,21,24);1H/t15-,16+;/m0./s1. The lowest BCUT2D eigenvalue weighted by atomic mass is 9.95. The number of benzene rings is 2. The van der Waals surface area contributed by atoms with Crippen molar-refractivity contribution in [1.29, 1.82) is 0 Å². The van der Waals surface area contributed by atoms with Gasteiger partial charge in [-0.05, 0) is 11.6 Å². The van der Waals surface area contributed by atoms with Crippen molar-refractivity contribution in [1.82, 2.24) is 4.90 Å². The lowest BCUT2D eigenvalue weighted by Gasteiger charge is -2.16. The van der Waals surface area contributed by atoms with Gasteiger partial charge in [-0.15, -0.1) is 12.4 Å². The van der Waals surface area contributed by atoms with Crippen LogP contribution in [0.4, 0.5) is 11.4 Å². The van der Waals surface area contributed by atoms with Crippen molar-refractivity contribution >= 4 is 29.7 Å². The normalized spacial score (nSPS) is 18.9. The smallest absolute Gasteiger partial charge is 0.273 e. The second-order valence-electron chi connectivity index (χ2n) is 6.56. The lowest BCUT2D eigenvalue weighted by Crippen LogP contribution is -2.33. The molecule has 1 saturated heterocycles. The van der Waals surface area contributed by atoms with Gasteiger partial charge in [-0.25, -0.2) is 0 Å². The van der Waals surface area contributed by atoms with Gasteiger partial charge in [0.05, 0.1) is 30.3 Å². The summed E-state index contributed by atoms with van der Waals surface area (Å²) in [6.07, 6.45) is 0. The number of halogens is 1. The van der Waals surface area contributed by atoms with Crippen molar-refractivity contribution in [2.75, 3.05) is 32.1 Å². The van der Waals surface area contributed by atoms with Crippen LogP contribution < -0.4 is 15.8 Å². The predicted octanol–water partition coefficient (Wildman–Crippen LogP) is 2.39. The number of rotatable bonds is 6. The van der Waals surface area contributed by atoms with Gasteiger partial charge in [-0.3, -0.25) is 19.8 Å². The molecule has 1 aliphatic heterocycles. The van der Waals surface area contributed by atoms with Gasteiger partial charge in [0, 0.05) is 31.1 Å². The molecule has 0 radical (unpaired) electrons. The quantitative estimate of drug-likeness (QED) is 0.563. The van der Waals surface area contributed by atoms with Gasteiger partial charge < -0.3 is 15.8 Å². The summed E-state index contributed by atoms with van der Waals surface area (Å²) < 4.78 is 5.15. The molecule has 2 atom stereocenters. The number of non-ortho nitro benzene ring substituents is 1. The maximum absolute atomic E-state index is 12.4. The van der Waals surface area contributed by atoms with Crippen LogP contribution in [0.15, 0.2) is 48.5 Å². The van der Waals surface area contributed by atoms with E-state index in [-0.39, 0.29) is 48.3 Å². The number of hydrogen-bond donors (Lipinski definition) is 2. The molecule has 9 heteroatoms. The predicted molar refractivity (Wildman–Crippen MR) is 109 cm³/mol. The Hall–Kier alpha value is -2.68. The van der Waals surface area contributed by atoms with Crippen LogP contribution in [0.5, 0.6) is 5.75 Å². The highest BCUT2D eigenvalue weighted by Crippen LogP contribution is 2.29. The molecule has 1 amide bonds. The number of carbonyl (C=O) groups is 1. The third-order valence-corrected chi connectivity index (χ3v) is 4.71. The van der Waals surface area contributed by atoms with Crippen LogP contribution >= 0.6 is 12.4 Å². The topological polar surface area (TPSA) is 111 Å². The van der Waals surface area contributed by atoms with Crippen molar-refractivity contribution in [3.8, 4) is 5.75 Å². The molecule has 2 aromatic carbocycles. The summed E-state index contributed by atoms with van der Waals surface area (Å²) in [7, 11) is 1.40. The average molecular weight is 407 g/mol. The minimum absolute atomic E-state index is 0. The summed E-state index contributed by atoms with van der Waals surface area (Å²) in [5.41, 5.74) is 7.74. The van der Waals surface area contributed by atoms with Gasteiger partial charge in [0.1, 0.15) is 5.75 Å². The number of nitro benzene ring substituents is 1. The highest BCUT2D eigenvalue weighted by Gasteiger charge is 2.32. The number of hydrogen-bond acceptors (Lipinski definition) is 6.